The highest BCUT2D eigenvalue weighted by atomic mass is 16.6. The summed E-state index contributed by atoms with van der Waals surface area (Å²) in [7, 11) is 1.46. The molecule has 5 aromatic rings. The molecule has 0 bridgehead atoms. The number of esters is 1. The zero-order valence-electron chi connectivity index (χ0n) is 19.8. The summed E-state index contributed by atoms with van der Waals surface area (Å²) in [6.45, 7) is 0. The maximum atomic E-state index is 13.1. The van der Waals surface area contributed by atoms with Crippen molar-refractivity contribution < 1.29 is 23.5 Å². The Morgan fingerprint density at radius 1 is 0.919 bits per heavy atom. The molecule has 2 aromatic heterocycles. The number of hydrazone groups is 1. The number of pyridine rings is 1. The first kappa shape index (κ1) is 23.5. The van der Waals surface area contributed by atoms with E-state index in [1.807, 2.05) is 54.6 Å². The maximum Gasteiger partial charge on any atom is 0.379 e. The number of aromatic nitrogens is 1. The smallest absolute Gasteiger partial charge is 0.379 e. The summed E-state index contributed by atoms with van der Waals surface area (Å²) in [5.74, 6) is -0.390. The van der Waals surface area contributed by atoms with Crippen LogP contribution in [0.4, 0.5) is 0 Å². The number of benzene rings is 3. The lowest BCUT2D eigenvalue weighted by molar-refractivity contribution is 0.0696. The van der Waals surface area contributed by atoms with E-state index in [0.717, 1.165) is 10.9 Å². The van der Waals surface area contributed by atoms with Gasteiger partial charge in [-0.3, -0.25) is 4.79 Å². The zero-order chi connectivity index (χ0) is 25.6. The number of carbonyl (C=O) groups excluding carboxylic acids is 2. The average Bonchev–Trinajstić information content (AvgIpc) is 3.49. The van der Waals surface area contributed by atoms with Crippen molar-refractivity contribution in [3.63, 3.8) is 0 Å². The second kappa shape index (κ2) is 10.6. The molecule has 0 unspecified atom stereocenters. The first-order valence-electron chi connectivity index (χ1n) is 11.3. The van der Waals surface area contributed by atoms with Crippen molar-refractivity contribution in [1.29, 1.82) is 0 Å². The third-order valence-corrected chi connectivity index (χ3v) is 5.52. The summed E-state index contributed by atoms with van der Waals surface area (Å²) in [6, 6.07) is 26.9. The summed E-state index contributed by atoms with van der Waals surface area (Å²) in [4.78, 5) is 30.0. The molecular weight excluding hydrogens is 470 g/mol. The Morgan fingerprint density at radius 3 is 2.51 bits per heavy atom. The molecule has 8 nitrogen and oxygen atoms in total. The van der Waals surface area contributed by atoms with Crippen molar-refractivity contribution in [3.8, 4) is 22.8 Å². The van der Waals surface area contributed by atoms with Gasteiger partial charge in [0.15, 0.2) is 11.5 Å². The summed E-state index contributed by atoms with van der Waals surface area (Å²) in [5.41, 5.74) is 5.98. The van der Waals surface area contributed by atoms with Gasteiger partial charge < -0.3 is 13.9 Å². The summed E-state index contributed by atoms with van der Waals surface area (Å²) >= 11 is 0. The molecule has 0 atom stereocenters. The number of methoxy groups -OCH3 is 1. The van der Waals surface area contributed by atoms with Crippen LogP contribution in [0.5, 0.6) is 11.5 Å². The second-order valence-electron chi connectivity index (χ2n) is 7.91. The van der Waals surface area contributed by atoms with E-state index in [0.29, 0.717) is 28.1 Å². The number of rotatable bonds is 7. The van der Waals surface area contributed by atoms with E-state index in [1.54, 1.807) is 30.3 Å². The Bertz CT molecular complexity index is 1600. The van der Waals surface area contributed by atoms with Crippen LogP contribution in [0.1, 0.15) is 26.5 Å². The lowest BCUT2D eigenvalue weighted by Crippen LogP contribution is -2.18. The Kier molecular flexibility index (Phi) is 6.72. The summed E-state index contributed by atoms with van der Waals surface area (Å²) in [6.07, 6.45) is 2.86. The Balaban J connectivity index is 1.35. The van der Waals surface area contributed by atoms with E-state index >= 15 is 0 Å². The number of hydrogen-bond acceptors (Lipinski definition) is 7. The molecule has 0 fully saturated rings. The second-order valence-corrected chi connectivity index (χ2v) is 7.91. The third-order valence-electron chi connectivity index (χ3n) is 5.52. The molecule has 182 valence electrons. The van der Waals surface area contributed by atoms with E-state index in [-0.39, 0.29) is 17.4 Å². The highest BCUT2D eigenvalue weighted by Gasteiger charge is 2.16. The van der Waals surface area contributed by atoms with Gasteiger partial charge in [0.1, 0.15) is 0 Å². The van der Waals surface area contributed by atoms with Crippen LogP contribution in [0.15, 0.2) is 107 Å². The number of para-hydroxylation sites is 1. The lowest BCUT2D eigenvalue weighted by atomic mass is 10.0. The number of carbonyl (C=O) groups is 2. The average molecular weight is 492 g/mol. The van der Waals surface area contributed by atoms with Crippen LogP contribution in [0, 0.1) is 0 Å². The molecule has 1 amide bonds. The number of furan rings is 1. The third kappa shape index (κ3) is 5.23. The SMILES string of the molecule is COc1cc(C=NNC(=O)c2cc(-c3ccccc3)nc3ccccc23)ccc1OC(=O)c1ccco1. The predicted molar refractivity (Wildman–Crippen MR) is 139 cm³/mol. The number of hydrogen-bond donors (Lipinski definition) is 1. The molecule has 0 spiro atoms. The van der Waals surface area contributed by atoms with Gasteiger partial charge >= 0.3 is 5.97 Å². The molecule has 2 heterocycles. The zero-order valence-corrected chi connectivity index (χ0v) is 19.8. The normalized spacial score (nSPS) is 10.9. The number of fused-ring (bicyclic) bond motifs is 1. The molecule has 8 heteroatoms. The van der Waals surface area contributed by atoms with Gasteiger partial charge in [-0.25, -0.2) is 15.2 Å². The Labute approximate surface area is 212 Å². The number of nitrogens with zero attached hydrogens (tertiary/aromatic N) is 2. The molecule has 1 N–H and O–H groups in total. The summed E-state index contributed by atoms with van der Waals surface area (Å²) in [5, 5.41) is 4.83. The van der Waals surface area contributed by atoms with Crippen LogP contribution >= 0.6 is 0 Å². The fourth-order valence-electron chi connectivity index (χ4n) is 3.74. The highest BCUT2D eigenvalue weighted by Crippen LogP contribution is 2.29. The minimum atomic E-state index is -0.642. The van der Waals surface area contributed by atoms with E-state index in [1.165, 1.54) is 25.7 Å². The lowest BCUT2D eigenvalue weighted by Gasteiger charge is -2.09. The number of amides is 1. The number of nitrogens with one attached hydrogen (secondary N) is 1. The Morgan fingerprint density at radius 2 is 1.73 bits per heavy atom. The van der Waals surface area contributed by atoms with Gasteiger partial charge in [-0.15, -0.1) is 0 Å². The summed E-state index contributed by atoms with van der Waals surface area (Å²) < 4.78 is 15.7. The van der Waals surface area contributed by atoms with Crippen molar-refractivity contribution in [1.82, 2.24) is 10.4 Å². The van der Waals surface area contributed by atoms with Crippen molar-refractivity contribution in [2.45, 2.75) is 0 Å². The van der Waals surface area contributed by atoms with Crippen LogP contribution in [0.2, 0.25) is 0 Å². The number of ether oxygens (including phenoxy) is 2. The van der Waals surface area contributed by atoms with Gasteiger partial charge in [0.05, 0.1) is 36.4 Å². The fraction of sp³-hybridized carbons (Fsp3) is 0.0345. The van der Waals surface area contributed by atoms with E-state index in [9.17, 15) is 9.59 Å². The van der Waals surface area contributed by atoms with Crippen LogP contribution in [-0.4, -0.2) is 30.2 Å². The van der Waals surface area contributed by atoms with Crippen LogP contribution in [0.3, 0.4) is 0 Å². The molecule has 37 heavy (non-hydrogen) atoms. The molecular formula is C29H21N3O5. The minimum Gasteiger partial charge on any atom is -0.493 e. The largest absolute Gasteiger partial charge is 0.493 e. The maximum absolute atomic E-state index is 13.1. The standard InChI is InChI=1S/C29H21N3O5/c1-35-27-16-19(13-14-25(27)37-29(34)26-12-7-15-36-26)18-30-32-28(33)22-17-24(20-8-3-2-4-9-20)31-23-11-6-5-10-21(22)23/h2-18H,1H3,(H,32,33). The monoisotopic (exact) mass is 491 g/mol. The molecule has 0 aliphatic rings. The van der Waals surface area contributed by atoms with Gasteiger partial charge in [-0.1, -0.05) is 48.5 Å². The van der Waals surface area contributed by atoms with Crippen molar-refractivity contribution in [2.24, 2.45) is 5.10 Å². The first-order chi connectivity index (χ1) is 18.1. The van der Waals surface area contributed by atoms with E-state index < -0.39 is 5.97 Å². The molecule has 3 aromatic carbocycles. The quantitative estimate of drug-likeness (QED) is 0.140. The van der Waals surface area contributed by atoms with Gasteiger partial charge in [-0.2, -0.15) is 5.10 Å². The molecule has 0 saturated heterocycles. The van der Waals surface area contributed by atoms with Crippen molar-refractivity contribution in [3.05, 3.63) is 114 Å². The van der Waals surface area contributed by atoms with Crippen LogP contribution in [0.25, 0.3) is 22.2 Å². The van der Waals surface area contributed by atoms with E-state index in [4.69, 9.17) is 18.9 Å². The Hall–Kier alpha value is -5.24. The topological polar surface area (TPSA) is 103 Å². The molecule has 0 saturated carbocycles. The minimum absolute atomic E-state index is 0.0782. The molecule has 0 aliphatic carbocycles. The molecule has 0 radical (unpaired) electrons. The van der Waals surface area contributed by atoms with Gasteiger partial charge in [0, 0.05) is 10.9 Å². The van der Waals surface area contributed by atoms with Gasteiger partial charge in [0.25, 0.3) is 5.91 Å². The van der Waals surface area contributed by atoms with Crippen LogP contribution in [-0.2, 0) is 0 Å². The first-order valence-corrected chi connectivity index (χ1v) is 11.3. The highest BCUT2D eigenvalue weighted by molar-refractivity contribution is 6.07. The van der Waals surface area contributed by atoms with Gasteiger partial charge in [0.2, 0.25) is 5.76 Å². The van der Waals surface area contributed by atoms with Crippen molar-refractivity contribution in [2.75, 3.05) is 7.11 Å². The van der Waals surface area contributed by atoms with Crippen LogP contribution < -0.4 is 14.9 Å². The fourth-order valence-corrected chi connectivity index (χ4v) is 3.74. The van der Waals surface area contributed by atoms with Gasteiger partial charge in [-0.05, 0) is 48.0 Å². The molecule has 0 aliphatic heterocycles. The van der Waals surface area contributed by atoms with E-state index in [2.05, 4.69) is 10.5 Å². The predicted octanol–water partition coefficient (Wildman–Crippen LogP) is 5.49. The molecule has 5 rings (SSSR count). The van der Waals surface area contributed by atoms with Crippen molar-refractivity contribution >= 4 is 29.0 Å².